The van der Waals surface area contributed by atoms with Crippen LogP contribution in [0.2, 0.25) is 0 Å². The predicted octanol–water partition coefficient (Wildman–Crippen LogP) is 9.22. The molecule has 0 amide bonds. The lowest BCUT2D eigenvalue weighted by molar-refractivity contribution is -0.250. The molecule has 0 bridgehead atoms. The minimum absolute atomic E-state index is 0.0974. The Bertz CT molecular complexity index is 950. The largest absolute Gasteiger partial charge is 0.386 e. The van der Waals surface area contributed by atoms with Crippen molar-refractivity contribution in [2.45, 2.75) is 96.5 Å². The summed E-state index contributed by atoms with van der Waals surface area (Å²) in [5.74, 6) is -2.81. The van der Waals surface area contributed by atoms with Crippen LogP contribution in [-0.4, -0.2) is 6.61 Å². The normalized spacial score (nSPS) is 18.7. The molecule has 194 valence electrons. The molecule has 2 aromatic rings. The van der Waals surface area contributed by atoms with Crippen LogP contribution in [0.15, 0.2) is 30.3 Å². The third-order valence-corrected chi connectivity index (χ3v) is 7.25. The lowest BCUT2D eigenvalue weighted by Crippen LogP contribution is -2.23. The first-order valence-electron chi connectivity index (χ1n) is 13.0. The predicted molar refractivity (Wildman–Crippen MR) is 129 cm³/mol. The van der Waals surface area contributed by atoms with Crippen molar-refractivity contribution >= 4 is 0 Å². The number of hydrogen-bond donors (Lipinski definition) is 0. The van der Waals surface area contributed by atoms with Crippen molar-refractivity contribution < 1.29 is 26.7 Å². The second kappa shape index (κ2) is 12.8. The first-order chi connectivity index (χ1) is 16.8. The SMILES string of the molecule is CCCCCc1ccc(CCOC(F)(F)c2ccc(C3CCC(CCC)CC3)c(F)c2F)c(F)c1. The Hall–Kier alpha value is -1.95. The second-order valence-corrected chi connectivity index (χ2v) is 9.83. The summed E-state index contributed by atoms with van der Waals surface area (Å²) in [5.41, 5.74) is 0.159. The summed E-state index contributed by atoms with van der Waals surface area (Å²) < 4.78 is 77.7. The van der Waals surface area contributed by atoms with Crippen LogP contribution in [0.25, 0.3) is 0 Å². The Morgan fingerprint density at radius 1 is 0.857 bits per heavy atom. The van der Waals surface area contributed by atoms with Gasteiger partial charge >= 0.3 is 6.11 Å². The average Bonchev–Trinajstić information content (AvgIpc) is 2.83. The number of benzene rings is 2. The van der Waals surface area contributed by atoms with Gasteiger partial charge in [0.15, 0.2) is 11.6 Å². The van der Waals surface area contributed by atoms with Gasteiger partial charge in [0.25, 0.3) is 0 Å². The van der Waals surface area contributed by atoms with Crippen molar-refractivity contribution in [3.05, 3.63) is 70.0 Å². The van der Waals surface area contributed by atoms with E-state index in [0.717, 1.165) is 75.8 Å². The lowest BCUT2D eigenvalue weighted by Gasteiger charge is -2.29. The van der Waals surface area contributed by atoms with E-state index < -0.39 is 35.7 Å². The molecule has 6 heteroatoms. The number of alkyl halides is 2. The van der Waals surface area contributed by atoms with E-state index in [9.17, 15) is 22.0 Å². The molecule has 0 unspecified atom stereocenters. The quantitative estimate of drug-likeness (QED) is 0.210. The molecule has 1 aliphatic carbocycles. The molecular weight excluding hydrogens is 459 g/mol. The third kappa shape index (κ3) is 7.28. The highest BCUT2D eigenvalue weighted by atomic mass is 19.3. The van der Waals surface area contributed by atoms with Gasteiger partial charge in [-0.25, -0.2) is 13.2 Å². The van der Waals surface area contributed by atoms with Crippen LogP contribution in [0, 0.1) is 23.4 Å². The molecule has 1 nitrogen and oxygen atoms in total. The smallest absolute Gasteiger partial charge is 0.316 e. The molecule has 1 fully saturated rings. The summed E-state index contributed by atoms with van der Waals surface area (Å²) in [7, 11) is 0. The number of unbranched alkanes of at least 4 members (excludes halogenated alkanes) is 2. The van der Waals surface area contributed by atoms with Crippen molar-refractivity contribution in [3.63, 3.8) is 0 Å². The van der Waals surface area contributed by atoms with E-state index in [1.807, 2.05) is 0 Å². The number of halogens is 5. The Labute approximate surface area is 206 Å². The van der Waals surface area contributed by atoms with E-state index in [0.29, 0.717) is 5.92 Å². The van der Waals surface area contributed by atoms with Gasteiger partial charge in [-0.3, -0.25) is 0 Å². The summed E-state index contributed by atoms with van der Waals surface area (Å²) in [4.78, 5) is 0. The van der Waals surface area contributed by atoms with E-state index in [2.05, 4.69) is 18.6 Å². The summed E-state index contributed by atoms with van der Waals surface area (Å²) in [5, 5.41) is 0. The summed E-state index contributed by atoms with van der Waals surface area (Å²) in [6.07, 6.45) is 5.31. The molecule has 1 aliphatic rings. The molecule has 0 atom stereocenters. The molecule has 0 N–H and O–H groups in total. The topological polar surface area (TPSA) is 9.23 Å². The van der Waals surface area contributed by atoms with Gasteiger partial charge in [-0.05, 0) is 85.6 Å². The highest BCUT2D eigenvalue weighted by Crippen LogP contribution is 2.41. The number of ether oxygens (including phenoxy) is 1. The van der Waals surface area contributed by atoms with E-state index >= 15 is 0 Å². The zero-order chi connectivity index (χ0) is 25.4. The van der Waals surface area contributed by atoms with Crippen LogP contribution in [0.3, 0.4) is 0 Å². The molecular formula is C29H37F5O. The van der Waals surface area contributed by atoms with Crippen LogP contribution in [0.4, 0.5) is 22.0 Å². The van der Waals surface area contributed by atoms with Crippen LogP contribution in [0.1, 0.15) is 99.8 Å². The molecule has 0 saturated heterocycles. The Morgan fingerprint density at radius 3 is 2.26 bits per heavy atom. The van der Waals surface area contributed by atoms with Crippen molar-refractivity contribution in [1.82, 2.24) is 0 Å². The maximum Gasteiger partial charge on any atom is 0.386 e. The fourth-order valence-electron chi connectivity index (χ4n) is 5.17. The monoisotopic (exact) mass is 496 g/mol. The van der Waals surface area contributed by atoms with Gasteiger partial charge in [0.2, 0.25) is 0 Å². The standard InChI is InChI=1S/C29H37F5O/c1-3-5-6-8-21-11-14-23(26(30)19-21)17-18-35-29(33,34)25-16-15-24(27(31)28(25)32)22-12-9-20(7-4-2)10-13-22/h11,14-16,19-20,22H,3-10,12-13,17-18H2,1-2H3. The molecule has 0 aliphatic heterocycles. The molecule has 3 rings (SSSR count). The first-order valence-corrected chi connectivity index (χ1v) is 13.0. The number of aryl methyl sites for hydroxylation is 1. The number of rotatable bonds is 12. The fourth-order valence-corrected chi connectivity index (χ4v) is 5.17. The highest BCUT2D eigenvalue weighted by Gasteiger charge is 2.38. The minimum atomic E-state index is -4.02. The molecule has 0 aromatic heterocycles. The molecule has 0 heterocycles. The maximum absolute atomic E-state index is 14.8. The van der Waals surface area contributed by atoms with Crippen LogP contribution in [-0.2, 0) is 23.7 Å². The molecule has 2 aromatic carbocycles. The first kappa shape index (κ1) is 27.6. The zero-order valence-electron chi connectivity index (χ0n) is 20.8. The van der Waals surface area contributed by atoms with Gasteiger partial charge in [0.05, 0.1) is 12.2 Å². The van der Waals surface area contributed by atoms with Gasteiger partial charge in [-0.15, -0.1) is 0 Å². The molecule has 35 heavy (non-hydrogen) atoms. The fraction of sp³-hybridized carbons (Fsp3) is 0.586. The maximum atomic E-state index is 14.8. The van der Waals surface area contributed by atoms with Crippen molar-refractivity contribution in [2.75, 3.05) is 6.61 Å². The lowest BCUT2D eigenvalue weighted by atomic mass is 9.77. The van der Waals surface area contributed by atoms with E-state index in [1.54, 1.807) is 12.1 Å². The van der Waals surface area contributed by atoms with Crippen molar-refractivity contribution in [3.8, 4) is 0 Å². The average molecular weight is 497 g/mol. The number of hydrogen-bond acceptors (Lipinski definition) is 1. The second-order valence-electron chi connectivity index (χ2n) is 9.83. The van der Waals surface area contributed by atoms with E-state index in [1.165, 1.54) is 12.1 Å². The zero-order valence-corrected chi connectivity index (χ0v) is 20.8. The van der Waals surface area contributed by atoms with Gasteiger partial charge in [0.1, 0.15) is 5.82 Å². The van der Waals surface area contributed by atoms with E-state index in [4.69, 9.17) is 0 Å². The highest BCUT2D eigenvalue weighted by molar-refractivity contribution is 5.31. The van der Waals surface area contributed by atoms with Crippen LogP contribution >= 0.6 is 0 Å². The van der Waals surface area contributed by atoms with Gasteiger partial charge in [-0.2, -0.15) is 8.78 Å². The molecule has 0 radical (unpaired) electrons. The summed E-state index contributed by atoms with van der Waals surface area (Å²) in [6.45, 7) is 3.69. The van der Waals surface area contributed by atoms with Crippen LogP contribution in [0.5, 0.6) is 0 Å². The Morgan fingerprint density at radius 2 is 1.60 bits per heavy atom. The summed E-state index contributed by atoms with van der Waals surface area (Å²) in [6, 6.07) is 6.98. The van der Waals surface area contributed by atoms with Crippen molar-refractivity contribution in [2.24, 2.45) is 5.92 Å². The van der Waals surface area contributed by atoms with Gasteiger partial charge in [0, 0.05) is 0 Å². The molecule has 1 saturated carbocycles. The van der Waals surface area contributed by atoms with Crippen LogP contribution < -0.4 is 0 Å². The van der Waals surface area contributed by atoms with Gasteiger partial charge < -0.3 is 4.74 Å². The van der Waals surface area contributed by atoms with Crippen molar-refractivity contribution in [1.29, 1.82) is 0 Å². The Balaban J connectivity index is 1.60. The minimum Gasteiger partial charge on any atom is -0.316 e. The van der Waals surface area contributed by atoms with E-state index in [-0.39, 0.29) is 23.5 Å². The van der Waals surface area contributed by atoms with Gasteiger partial charge in [-0.1, -0.05) is 57.7 Å². The molecule has 0 spiro atoms. The third-order valence-electron chi connectivity index (χ3n) is 7.25. The Kier molecular flexibility index (Phi) is 10.1. The summed E-state index contributed by atoms with van der Waals surface area (Å²) >= 11 is 0.